The zero-order chi connectivity index (χ0) is 7.98. The lowest BCUT2D eigenvalue weighted by Gasteiger charge is -2.01. The molecule has 0 aromatic rings. The fraction of sp³-hybridized carbons (Fsp3) is 0.875. The van der Waals surface area contributed by atoms with Gasteiger partial charge in [-0.2, -0.15) is 0 Å². The predicted molar refractivity (Wildman–Crippen MR) is 45.9 cm³/mol. The van der Waals surface area contributed by atoms with Crippen molar-refractivity contribution in [1.82, 2.24) is 0 Å². The SMILES string of the molecule is [CH2]CC(CCC(C)C)[S+]=O. The van der Waals surface area contributed by atoms with Crippen molar-refractivity contribution in [1.29, 1.82) is 0 Å². The molecule has 0 heterocycles. The molecule has 0 saturated carbocycles. The molecule has 1 radical (unpaired) electrons. The van der Waals surface area contributed by atoms with Crippen LogP contribution in [0, 0.1) is 12.8 Å². The van der Waals surface area contributed by atoms with Crippen LogP contribution in [-0.2, 0) is 15.9 Å². The first kappa shape index (κ1) is 10.0. The Labute approximate surface area is 67.7 Å². The van der Waals surface area contributed by atoms with Gasteiger partial charge in [-0.05, 0) is 19.3 Å². The highest BCUT2D eigenvalue weighted by Gasteiger charge is 2.18. The summed E-state index contributed by atoms with van der Waals surface area (Å²) < 4.78 is 10.4. The molecular weight excluding hydrogens is 144 g/mol. The zero-order valence-electron chi connectivity index (χ0n) is 6.80. The van der Waals surface area contributed by atoms with E-state index in [1.54, 1.807) is 0 Å². The highest BCUT2D eigenvalue weighted by atomic mass is 32.1. The third-order valence-electron chi connectivity index (χ3n) is 1.52. The minimum Gasteiger partial charge on any atom is -0.0628 e. The second-order valence-corrected chi connectivity index (χ2v) is 3.84. The molecule has 0 aromatic carbocycles. The molecule has 0 bridgehead atoms. The van der Waals surface area contributed by atoms with E-state index in [0.29, 0.717) is 17.6 Å². The van der Waals surface area contributed by atoms with Crippen LogP contribution in [0.2, 0.25) is 0 Å². The number of hydrogen-bond donors (Lipinski definition) is 0. The second-order valence-electron chi connectivity index (χ2n) is 2.98. The van der Waals surface area contributed by atoms with Crippen molar-refractivity contribution in [2.24, 2.45) is 5.92 Å². The maximum absolute atomic E-state index is 10.4. The zero-order valence-corrected chi connectivity index (χ0v) is 7.62. The summed E-state index contributed by atoms with van der Waals surface area (Å²) in [4.78, 5) is 0. The Morgan fingerprint density at radius 1 is 1.40 bits per heavy atom. The smallest absolute Gasteiger partial charge is 0.0628 e. The molecule has 2 heteroatoms. The summed E-state index contributed by atoms with van der Waals surface area (Å²) in [6.07, 6.45) is 2.94. The van der Waals surface area contributed by atoms with Gasteiger partial charge in [0.2, 0.25) is 5.25 Å². The van der Waals surface area contributed by atoms with Crippen LogP contribution in [0.15, 0.2) is 0 Å². The van der Waals surface area contributed by atoms with E-state index in [1.165, 1.54) is 0 Å². The van der Waals surface area contributed by atoms with Gasteiger partial charge in [0, 0.05) is 17.1 Å². The van der Waals surface area contributed by atoms with E-state index in [4.69, 9.17) is 0 Å². The number of rotatable bonds is 5. The molecule has 1 unspecified atom stereocenters. The molecule has 0 N–H and O–H groups in total. The molecule has 0 aliphatic heterocycles. The molecule has 0 aliphatic carbocycles. The van der Waals surface area contributed by atoms with Crippen molar-refractivity contribution in [3.05, 3.63) is 6.92 Å². The average Bonchev–Trinajstić information content (AvgIpc) is 1.90. The van der Waals surface area contributed by atoms with Gasteiger partial charge in [-0.1, -0.05) is 13.8 Å². The van der Waals surface area contributed by atoms with Crippen LogP contribution >= 0.6 is 0 Å². The lowest BCUT2D eigenvalue weighted by atomic mass is 10.1. The number of hydrogen-bond acceptors (Lipinski definition) is 1. The van der Waals surface area contributed by atoms with Crippen LogP contribution in [-0.4, -0.2) is 5.25 Å². The summed E-state index contributed by atoms with van der Waals surface area (Å²) in [6.45, 7) is 8.07. The van der Waals surface area contributed by atoms with Gasteiger partial charge in [0.25, 0.3) is 0 Å². The molecule has 0 saturated heterocycles. The predicted octanol–water partition coefficient (Wildman–Crippen LogP) is 2.44. The van der Waals surface area contributed by atoms with Gasteiger partial charge in [-0.15, -0.1) is 0 Å². The van der Waals surface area contributed by atoms with E-state index in [-0.39, 0.29) is 5.25 Å². The molecule has 0 amide bonds. The van der Waals surface area contributed by atoms with Gasteiger partial charge in [-0.25, -0.2) is 0 Å². The van der Waals surface area contributed by atoms with Gasteiger partial charge in [0.1, 0.15) is 0 Å². The van der Waals surface area contributed by atoms with Crippen molar-refractivity contribution >= 4 is 11.7 Å². The van der Waals surface area contributed by atoms with Crippen LogP contribution in [0.25, 0.3) is 0 Å². The quantitative estimate of drug-likeness (QED) is 0.565. The Morgan fingerprint density at radius 2 is 2.00 bits per heavy atom. The summed E-state index contributed by atoms with van der Waals surface area (Å²) in [7, 11) is 0. The molecule has 1 atom stereocenters. The Balaban J connectivity index is 3.34. The Hall–Kier alpha value is 0.0200. The maximum Gasteiger partial charge on any atom is 0.462 e. The monoisotopic (exact) mass is 160 g/mol. The largest absolute Gasteiger partial charge is 0.462 e. The first-order valence-electron chi connectivity index (χ1n) is 3.78. The lowest BCUT2D eigenvalue weighted by Crippen LogP contribution is -2.05. The summed E-state index contributed by atoms with van der Waals surface area (Å²) in [5, 5.41) is 0.238. The minimum absolute atomic E-state index is 0.238. The minimum atomic E-state index is 0.238. The van der Waals surface area contributed by atoms with Gasteiger partial charge in [0.05, 0.1) is 0 Å². The summed E-state index contributed by atoms with van der Waals surface area (Å²) in [5.74, 6) is 0.709. The molecule has 0 fully saturated rings. The first-order chi connectivity index (χ1) is 4.70. The molecule has 0 aromatic heterocycles. The summed E-state index contributed by atoms with van der Waals surface area (Å²) >= 11 is 0.699. The van der Waals surface area contributed by atoms with E-state index < -0.39 is 0 Å². The third-order valence-corrected chi connectivity index (χ3v) is 2.27. The lowest BCUT2D eigenvalue weighted by molar-refractivity contribution is 0.535. The van der Waals surface area contributed by atoms with Crippen molar-refractivity contribution in [2.45, 2.75) is 38.4 Å². The van der Waals surface area contributed by atoms with Crippen molar-refractivity contribution in [2.75, 3.05) is 0 Å². The van der Waals surface area contributed by atoms with E-state index >= 15 is 0 Å². The van der Waals surface area contributed by atoms with Crippen molar-refractivity contribution in [3.63, 3.8) is 0 Å². The first-order valence-corrected chi connectivity index (χ1v) is 4.59. The van der Waals surface area contributed by atoms with Crippen LogP contribution < -0.4 is 0 Å². The highest BCUT2D eigenvalue weighted by molar-refractivity contribution is 7.66. The molecule has 0 rings (SSSR count). The molecule has 0 aliphatic rings. The molecule has 1 nitrogen and oxygen atoms in total. The Morgan fingerprint density at radius 3 is 2.30 bits per heavy atom. The molecule has 59 valence electrons. The van der Waals surface area contributed by atoms with Gasteiger partial charge < -0.3 is 0 Å². The van der Waals surface area contributed by atoms with Crippen LogP contribution in [0.5, 0.6) is 0 Å². The standard InChI is InChI=1S/C8H16OS/c1-4-8(10-9)6-5-7(2)3/h7-8H,1,4-6H2,2-3H3/q+1. The van der Waals surface area contributed by atoms with Crippen LogP contribution in [0.4, 0.5) is 0 Å². The van der Waals surface area contributed by atoms with E-state index in [9.17, 15) is 4.21 Å². The van der Waals surface area contributed by atoms with Crippen molar-refractivity contribution < 1.29 is 4.21 Å². The molecular formula is C8H16OS+. The maximum atomic E-state index is 10.4. The fourth-order valence-corrected chi connectivity index (χ4v) is 1.09. The van der Waals surface area contributed by atoms with Gasteiger partial charge in [-0.3, -0.25) is 0 Å². The normalized spacial score (nSPS) is 13.6. The van der Waals surface area contributed by atoms with Crippen molar-refractivity contribution in [3.8, 4) is 0 Å². The molecule has 10 heavy (non-hydrogen) atoms. The topological polar surface area (TPSA) is 17.1 Å². The van der Waals surface area contributed by atoms with E-state index in [1.807, 2.05) is 0 Å². The van der Waals surface area contributed by atoms with E-state index in [0.717, 1.165) is 19.3 Å². The third kappa shape index (κ3) is 4.86. The van der Waals surface area contributed by atoms with Gasteiger partial charge >= 0.3 is 11.7 Å². The molecule has 0 spiro atoms. The Bertz CT molecular complexity index is 91.3. The average molecular weight is 160 g/mol. The fourth-order valence-electron chi connectivity index (χ4n) is 0.760. The summed E-state index contributed by atoms with van der Waals surface area (Å²) in [6, 6.07) is 0. The van der Waals surface area contributed by atoms with Crippen LogP contribution in [0.3, 0.4) is 0 Å². The second kappa shape index (κ2) is 5.78. The summed E-state index contributed by atoms with van der Waals surface area (Å²) in [5.41, 5.74) is 0. The van der Waals surface area contributed by atoms with E-state index in [2.05, 4.69) is 20.8 Å². The van der Waals surface area contributed by atoms with Gasteiger partial charge in [0.15, 0.2) is 0 Å². The highest BCUT2D eigenvalue weighted by Crippen LogP contribution is 2.09. The Kier molecular flexibility index (Phi) is 5.79. The van der Waals surface area contributed by atoms with Crippen LogP contribution in [0.1, 0.15) is 33.1 Å².